The van der Waals surface area contributed by atoms with E-state index in [1.54, 1.807) is 6.07 Å². The van der Waals surface area contributed by atoms with Crippen LogP contribution in [0.25, 0.3) is 0 Å². The molecule has 3 atom stereocenters. The number of aryl methyl sites for hydroxylation is 1. The minimum Gasteiger partial charge on any atom is -0.472 e. The quantitative estimate of drug-likeness (QED) is 0.920. The number of aromatic nitrogens is 2. The molecular weight excluding hydrogens is 320 g/mol. The van der Waals surface area contributed by atoms with Crippen molar-refractivity contribution in [3.8, 4) is 0 Å². The van der Waals surface area contributed by atoms with Crippen LogP contribution >= 0.6 is 0 Å². The lowest BCUT2D eigenvalue weighted by atomic mass is 9.85. The van der Waals surface area contributed by atoms with Crippen LogP contribution in [0.5, 0.6) is 0 Å². The predicted molar refractivity (Wildman–Crippen MR) is 91.3 cm³/mol. The summed E-state index contributed by atoms with van der Waals surface area (Å²) in [5, 5.41) is 11.7. The summed E-state index contributed by atoms with van der Waals surface area (Å²) in [5.74, 6) is 1.04. The Hall–Kier alpha value is -2.41. The molecule has 1 N–H and O–H groups in total. The third-order valence-corrected chi connectivity index (χ3v) is 4.95. The standard InChI is InChI=1S/C18H22N4O3/c1-12-4-5-16(21-20-12)19-15-10-22(18(23)14-6-8-24-11-14)9-13-3-2-7-25-17(13)15/h4-6,8,11,13,15,17H,2-3,7,9-10H2,1H3,(H,19,21)/t13-,15+,17-/m0/s1. The molecule has 132 valence electrons. The Morgan fingerprint density at radius 1 is 1.28 bits per heavy atom. The van der Waals surface area contributed by atoms with Crippen LogP contribution in [-0.2, 0) is 4.74 Å². The van der Waals surface area contributed by atoms with Crippen LogP contribution in [0, 0.1) is 12.8 Å². The maximum Gasteiger partial charge on any atom is 0.257 e. The Bertz CT molecular complexity index is 716. The minimum atomic E-state index is -0.00749. The Balaban J connectivity index is 1.54. The second kappa shape index (κ2) is 6.84. The zero-order chi connectivity index (χ0) is 17.2. The van der Waals surface area contributed by atoms with E-state index < -0.39 is 0 Å². The average Bonchev–Trinajstić information content (AvgIpc) is 3.17. The first-order chi connectivity index (χ1) is 12.2. The number of ether oxygens (including phenoxy) is 1. The number of carbonyl (C=O) groups excluding carboxylic acids is 1. The number of furan rings is 1. The van der Waals surface area contributed by atoms with Crippen molar-refractivity contribution < 1.29 is 13.9 Å². The van der Waals surface area contributed by atoms with Crippen molar-refractivity contribution in [1.29, 1.82) is 0 Å². The van der Waals surface area contributed by atoms with Gasteiger partial charge in [-0.05, 0) is 38.0 Å². The SMILES string of the molecule is Cc1ccc(N[C@@H]2CN(C(=O)c3ccoc3)C[C@@H]3CCCO[C@@H]32)nn1. The van der Waals surface area contributed by atoms with E-state index in [1.807, 2.05) is 24.0 Å². The molecule has 0 radical (unpaired) electrons. The lowest BCUT2D eigenvalue weighted by Gasteiger charge is -2.46. The molecule has 7 heteroatoms. The van der Waals surface area contributed by atoms with Gasteiger partial charge in [-0.2, -0.15) is 5.10 Å². The molecule has 0 aromatic carbocycles. The van der Waals surface area contributed by atoms with Crippen molar-refractivity contribution in [2.75, 3.05) is 25.0 Å². The molecule has 2 aliphatic rings. The van der Waals surface area contributed by atoms with Crippen LogP contribution in [0.1, 0.15) is 28.9 Å². The molecule has 0 spiro atoms. The van der Waals surface area contributed by atoms with Gasteiger partial charge in [-0.3, -0.25) is 4.79 Å². The van der Waals surface area contributed by atoms with E-state index in [2.05, 4.69) is 15.5 Å². The fraction of sp³-hybridized carbons (Fsp3) is 0.500. The predicted octanol–water partition coefficient (Wildman–Crippen LogP) is 2.11. The summed E-state index contributed by atoms with van der Waals surface area (Å²) in [6.45, 7) is 3.96. The monoisotopic (exact) mass is 342 g/mol. The second-order valence-corrected chi connectivity index (χ2v) is 6.77. The van der Waals surface area contributed by atoms with E-state index in [-0.39, 0.29) is 18.1 Å². The maximum absolute atomic E-state index is 12.7. The molecule has 7 nitrogen and oxygen atoms in total. The second-order valence-electron chi connectivity index (χ2n) is 6.77. The highest BCUT2D eigenvalue weighted by Crippen LogP contribution is 2.30. The molecule has 25 heavy (non-hydrogen) atoms. The van der Waals surface area contributed by atoms with Crippen molar-refractivity contribution in [3.05, 3.63) is 42.0 Å². The molecule has 4 rings (SSSR count). The normalized spacial score (nSPS) is 26.1. The highest BCUT2D eigenvalue weighted by molar-refractivity contribution is 5.94. The van der Waals surface area contributed by atoms with Crippen LogP contribution in [0.4, 0.5) is 5.82 Å². The van der Waals surface area contributed by atoms with Gasteiger partial charge in [0.05, 0.1) is 29.7 Å². The van der Waals surface area contributed by atoms with E-state index in [0.717, 1.165) is 25.1 Å². The lowest BCUT2D eigenvalue weighted by molar-refractivity contribution is -0.0676. The van der Waals surface area contributed by atoms with Crippen molar-refractivity contribution >= 4 is 11.7 Å². The Kier molecular flexibility index (Phi) is 4.40. The molecule has 4 heterocycles. The molecule has 0 unspecified atom stereocenters. The van der Waals surface area contributed by atoms with Crippen LogP contribution in [-0.4, -0.2) is 52.8 Å². The molecule has 2 fully saturated rings. The zero-order valence-electron chi connectivity index (χ0n) is 14.2. The molecule has 2 saturated heterocycles. The van der Waals surface area contributed by atoms with E-state index in [0.29, 0.717) is 30.4 Å². The number of anilines is 1. The van der Waals surface area contributed by atoms with Gasteiger partial charge in [-0.15, -0.1) is 5.10 Å². The molecule has 2 aromatic rings. The first-order valence-corrected chi connectivity index (χ1v) is 8.70. The Morgan fingerprint density at radius 3 is 2.96 bits per heavy atom. The fourth-order valence-corrected chi connectivity index (χ4v) is 3.73. The summed E-state index contributed by atoms with van der Waals surface area (Å²) >= 11 is 0. The number of hydrogen-bond donors (Lipinski definition) is 1. The minimum absolute atomic E-state index is 0.000404. The van der Waals surface area contributed by atoms with Gasteiger partial charge >= 0.3 is 0 Å². The number of rotatable bonds is 3. The first kappa shape index (κ1) is 16.1. The van der Waals surface area contributed by atoms with Crippen molar-refractivity contribution in [3.63, 3.8) is 0 Å². The average molecular weight is 342 g/mol. The summed E-state index contributed by atoms with van der Waals surface area (Å²) in [6, 6.07) is 5.54. The number of likely N-dealkylation sites (tertiary alicyclic amines) is 1. The van der Waals surface area contributed by atoms with E-state index >= 15 is 0 Å². The Labute approximate surface area is 146 Å². The van der Waals surface area contributed by atoms with Crippen LogP contribution < -0.4 is 5.32 Å². The van der Waals surface area contributed by atoms with Crippen LogP contribution in [0.15, 0.2) is 35.1 Å². The van der Waals surface area contributed by atoms with Gasteiger partial charge in [0.15, 0.2) is 0 Å². The molecule has 2 aromatic heterocycles. The number of fused-ring (bicyclic) bond motifs is 1. The smallest absolute Gasteiger partial charge is 0.257 e. The van der Waals surface area contributed by atoms with Crippen LogP contribution in [0.2, 0.25) is 0 Å². The summed E-state index contributed by atoms with van der Waals surface area (Å²) in [7, 11) is 0. The van der Waals surface area contributed by atoms with Gasteiger partial charge in [0.2, 0.25) is 0 Å². The number of piperidine rings is 1. The van der Waals surface area contributed by atoms with Gasteiger partial charge in [-0.25, -0.2) is 0 Å². The van der Waals surface area contributed by atoms with Gasteiger partial charge in [0.1, 0.15) is 12.1 Å². The summed E-state index contributed by atoms with van der Waals surface area (Å²) in [4.78, 5) is 14.6. The van der Waals surface area contributed by atoms with Gasteiger partial charge in [-0.1, -0.05) is 0 Å². The highest BCUT2D eigenvalue weighted by atomic mass is 16.5. The molecular formula is C18H22N4O3. The van der Waals surface area contributed by atoms with Crippen molar-refractivity contribution in [2.24, 2.45) is 5.92 Å². The van der Waals surface area contributed by atoms with Crippen LogP contribution in [0.3, 0.4) is 0 Å². The number of hydrogen-bond acceptors (Lipinski definition) is 6. The van der Waals surface area contributed by atoms with Crippen molar-refractivity contribution in [2.45, 2.75) is 31.9 Å². The van der Waals surface area contributed by atoms with E-state index in [9.17, 15) is 4.79 Å². The topological polar surface area (TPSA) is 80.5 Å². The molecule has 2 aliphatic heterocycles. The molecule has 0 bridgehead atoms. The van der Waals surface area contributed by atoms with Gasteiger partial charge in [0, 0.05) is 25.6 Å². The number of nitrogens with one attached hydrogen (secondary N) is 1. The van der Waals surface area contributed by atoms with Gasteiger partial charge < -0.3 is 19.4 Å². The number of amides is 1. The maximum atomic E-state index is 12.7. The number of nitrogens with zero attached hydrogens (tertiary/aromatic N) is 3. The van der Waals surface area contributed by atoms with Gasteiger partial charge in [0.25, 0.3) is 5.91 Å². The third-order valence-electron chi connectivity index (χ3n) is 4.95. The van der Waals surface area contributed by atoms with E-state index in [1.165, 1.54) is 12.5 Å². The summed E-state index contributed by atoms with van der Waals surface area (Å²) in [5.41, 5.74) is 1.46. The number of carbonyl (C=O) groups is 1. The van der Waals surface area contributed by atoms with E-state index in [4.69, 9.17) is 9.15 Å². The zero-order valence-corrected chi connectivity index (χ0v) is 14.2. The molecule has 1 amide bonds. The molecule has 0 saturated carbocycles. The Morgan fingerprint density at radius 2 is 2.20 bits per heavy atom. The first-order valence-electron chi connectivity index (χ1n) is 8.70. The summed E-state index contributed by atoms with van der Waals surface area (Å²) < 4.78 is 11.1. The summed E-state index contributed by atoms with van der Waals surface area (Å²) in [6.07, 6.45) is 5.22. The van der Waals surface area contributed by atoms with Crippen molar-refractivity contribution in [1.82, 2.24) is 15.1 Å². The largest absolute Gasteiger partial charge is 0.472 e. The highest BCUT2D eigenvalue weighted by Gasteiger charge is 2.41. The molecule has 0 aliphatic carbocycles. The fourth-order valence-electron chi connectivity index (χ4n) is 3.73. The lowest BCUT2D eigenvalue weighted by Crippen LogP contribution is -2.59. The third kappa shape index (κ3) is 3.37.